The highest BCUT2D eigenvalue weighted by molar-refractivity contribution is 7.33. The van der Waals surface area contributed by atoms with Crippen LogP contribution in [0.1, 0.15) is 13.2 Å². The Bertz CT molecular complexity index is 1180. The highest BCUT2D eigenvalue weighted by Gasteiger charge is 2.43. The number of imidazole rings is 1. The molecule has 0 bridgehead atoms. The zero-order chi connectivity index (χ0) is 24.7. The van der Waals surface area contributed by atoms with Crippen LogP contribution in [0, 0.1) is 12.3 Å². The Morgan fingerprint density at radius 2 is 2.09 bits per heavy atom. The largest absolute Gasteiger partial charge is 0.476 e. The number of hydrogen-bond acceptors (Lipinski definition) is 11. The molecule has 2 aromatic heterocycles. The number of alkyl halides is 1. The van der Waals surface area contributed by atoms with Crippen molar-refractivity contribution in [2.75, 3.05) is 25.6 Å². The maximum Gasteiger partial charge on any atom is 0.368 e. The van der Waals surface area contributed by atoms with Crippen LogP contribution in [0.5, 0.6) is 11.6 Å². The molecule has 0 saturated heterocycles. The molecular weight excluding hydrogens is 472 g/mol. The zero-order valence-electron chi connectivity index (χ0n) is 18.0. The van der Waals surface area contributed by atoms with E-state index in [4.69, 9.17) is 30.7 Å². The Morgan fingerprint density at radius 3 is 2.74 bits per heavy atom. The molecule has 0 fully saturated rings. The standard InChI is InChI=1S/C20H23FN5O7P/c1-3-14(28)20(21,11-31-34(29)33-13-8-6-5-7-9-13)32-15(10-27)26-12-23-16-17(26)24-19(22)25-18(16)30-4-2/h1,5-9,12,14-15,27-28,34H,4,10-11H2,2H3,(H2,22,24,25)/t14-,15+,20+/m0/s1. The van der Waals surface area contributed by atoms with Gasteiger partial charge in [0.1, 0.15) is 12.4 Å². The van der Waals surface area contributed by atoms with E-state index < -0.39 is 39.7 Å². The van der Waals surface area contributed by atoms with Crippen molar-refractivity contribution in [2.24, 2.45) is 0 Å². The fraction of sp³-hybridized carbons (Fsp3) is 0.350. The lowest BCUT2D eigenvalue weighted by atomic mass is 10.2. The Balaban J connectivity index is 1.83. The van der Waals surface area contributed by atoms with E-state index in [9.17, 15) is 14.8 Å². The number of benzene rings is 1. The molecule has 14 heteroatoms. The van der Waals surface area contributed by atoms with E-state index in [1.54, 1.807) is 31.0 Å². The average Bonchev–Trinajstić information content (AvgIpc) is 3.25. The van der Waals surface area contributed by atoms with Crippen LogP contribution >= 0.6 is 8.25 Å². The summed E-state index contributed by atoms with van der Waals surface area (Å²) in [6, 6.07) is 8.06. The summed E-state index contributed by atoms with van der Waals surface area (Å²) in [5.41, 5.74) is 5.96. The van der Waals surface area contributed by atoms with E-state index >= 15 is 4.39 Å². The smallest absolute Gasteiger partial charge is 0.368 e. The molecule has 1 unspecified atom stereocenters. The van der Waals surface area contributed by atoms with E-state index in [-0.39, 0.29) is 35.3 Å². The molecule has 2 heterocycles. The van der Waals surface area contributed by atoms with Crippen LogP contribution in [0.25, 0.3) is 11.2 Å². The summed E-state index contributed by atoms with van der Waals surface area (Å²) in [5.74, 6) is -1.15. The van der Waals surface area contributed by atoms with Gasteiger partial charge in [-0.05, 0) is 19.1 Å². The second-order valence-corrected chi connectivity index (χ2v) is 7.70. The summed E-state index contributed by atoms with van der Waals surface area (Å²) in [6.45, 7) is 0.125. The number of aliphatic hydroxyl groups is 2. The van der Waals surface area contributed by atoms with Gasteiger partial charge in [-0.3, -0.25) is 9.09 Å². The number of terminal acetylenes is 1. The van der Waals surface area contributed by atoms with Crippen molar-refractivity contribution in [1.29, 1.82) is 0 Å². The number of fused-ring (bicyclic) bond motifs is 1. The van der Waals surface area contributed by atoms with Gasteiger partial charge in [-0.2, -0.15) is 9.97 Å². The number of para-hydroxylation sites is 1. The van der Waals surface area contributed by atoms with Gasteiger partial charge in [-0.25, -0.2) is 13.9 Å². The average molecular weight is 495 g/mol. The first kappa shape index (κ1) is 25.4. The number of aromatic nitrogens is 4. The minimum atomic E-state index is -3.25. The second kappa shape index (κ2) is 11.2. The van der Waals surface area contributed by atoms with Gasteiger partial charge in [0.25, 0.3) is 5.85 Å². The van der Waals surface area contributed by atoms with Gasteiger partial charge < -0.3 is 29.9 Å². The Kier molecular flexibility index (Phi) is 8.38. The quantitative estimate of drug-likeness (QED) is 0.246. The molecule has 3 rings (SSSR count). The first-order chi connectivity index (χ1) is 16.3. The number of nitrogens with two attached hydrogens (primary N) is 1. The van der Waals surface area contributed by atoms with Crippen LogP contribution in [0.15, 0.2) is 36.7 Å². The van der Waals surface area contributed by atoms with E-state index in [1.807, 2.05) is 0 Å². The number of ether oxygens (including phenoxy) is 2. The molecule has 182 valence electrons. The van der Waals surface area contributed by atoms with Crippen LogP contribution in [0.3, 0.4) is 0 Å². The number of hydrogen-bond donors (Lipinski definition) is 3. The Morgan fingerprint density at radius 1 is 1.35 bits per heavy atom. The van der Waals surface area contributed by atoms with E-state index in [2.05, 4.69) is 15.0 Å². The highest BCUT2D eigenvalue weighted by Crippen LogP contribution is 2.34. The molecule has 0 spiro atoms. The SMILES string of the molecule is C#C[C@H](O)[C@@](F)(CO[PH](=O)Oc1ccccc1)O[C@H](CO)n1cnc2c(OCC)nc(N)nc21. The monoisotopic (exact) mass is 495 g/mol. The van der Waals surface area contributed by atoms with Crippen LogP contribution < -0.4 is 15.0 Å². The van der Waals surface area contributed by atoms with Crippen LogP contribution in [-0.4, -0.2) is 61.5 Å². The third-order valence-corrected chi connectivity index (χ3v) is 5.17. The first-order valence-corrected chi connectivity index (χ1v) is 11.2. The molecular formula is C20H23FN5O7P. The predicted molar refractivity (Wildman–Crippen MR) is 119 cm³/mol. The van der Waals surface area contributed by atoms with Gasteiger partial charge in [-0.15, -0.1) is 6.42 Å². The van der Waals surface area contributed by atoms with Crippen LogP contribution in [0.2, 0.25) is 0 Å². The van der Waals surface area contributed by atoms with Gasteiger partial charge in [0.15, 0.2) is 23.5 Å². The van der Waals surface area contributed by atoms with Gasteiger partial charge >= 0.3 is 8.25 Å². The van der Waals surface area contributed by atoms with Crippen molar-refractivity contribution in [3.05, 3.63) is 36.7 Å². The molecule has 0 aliphatic heterocycles. The molecule has 3 aromatic rings. The maximum atomic E-state index is 15.6. The van der Waals surface area contributed by atoms with Crippen molar-refractivity contribution in [3.8, 4) is 24.0 Å². The zero-order valence-corrected chi connectivity index (χ0v) is 19.0. The number of aliphatic hydroxyl groups excluding tert-OH is 2. The van der Waals surface area contributed by atoms with Crippen molar-refractivity contribution < 1.29 is 37.7 Å². The van der Waals surface area contributed by atoms with Gasteiger partial charge in [-0.1, -0.05) is 24.1 Å². The predicted octanol–water partition coefficient (Wildman–Crippen LogP) is 1.46. The Hall–Kier alpha value is -3.27. The molecule has 0 radical (unpaired) electrons. The first-order valence-electron chi connectivity index (χ1n) is 9.95. The number of nitrogen functional groups attached to an aromatic ring is 1. The summed E-state index contributed by atoms with van der Waals surface area (Å²) in [7, 11) is -3.25. The van der Waals surface area contributed by atoms with Gasteiger partial charge in [0.05, 0.1) is 19.5 Å². The van der Waals surface area contributed by atoms with Crippen LogP contribution in [-0.2, 0) is 13.8 Å². The molecule has 12 nitrogen and oxygen atoms in total. The minimum Gasteiger partial charge on any atom is -0.476 e. The molecule has 4 atom stereocenters. The lowest BCUT2D eigenvalue weighted by Gasteiger charge is -2.31. The Labute approximate surface area is 194 Å². The molecule has 0 aliphatic rings. The number of anilines is 1. The molecule has 0 amide bonds. The number of rotatable bonds is 12. The summed E-state index contributed by atoms with van der Waals surface area (Å²) in [6.07, 6.45) is 2.71. The van der Waals surface area contributed by atoms with Gasteiger partial charge in [0, 0.05) is 0 Å². The van der Waals surface area contributed by atoms with Gasteiger partial charge in [0.2, 0.25) is 11.8 Å². The van der Waals surface area contributed by atoms with Crippen LogP contribution in [0.4, 0.5) is 10.3 Å². The maximum absolute atomic E-state index is 15.6. The van der Waals surface area contributed by atoms with E-state index in [0.717, 1.165) is 4.57 Å². The molecule has 34 heavy (non-hydrogen) atoms. The van der Waals surface area contributed by atoms with Crippen molar-refractivity contribution in [2.45, 2.75) is 25.1 Å². The summed E-state index contributed by atoms with van der Waals surface area (Å²) < 4.78 is 49.7. The third-order valence-electron chi connectivity index (χ3n) is 4.38. The van der Waals surface area contributed by atoms with Crippen molar-refractivity contribution in [3.63, 3.8) is 0 Å². The second-order valence-electron chi connectivity index (χ2n) is 6.71. The number of halogens is 1. The van der Waals surface area contributed by atoms with E-state index in [0.29, 0.717) is 0 Å². The van der Waals surface area contributed by atoms with E-state index in [1.165, 1.54) is 18.5 Å². The molecule has 4 N–H and O–H groups in total. The fourth-order valence-corrected chi connectivity index (χ4v) is 3.54. The minimum absolute atomic E-state index is 0.0643. The summed E-state index contributed by atoms with van der Waals surface area (Å²) >= 11 is 0. The number of nitrogens with zero attached hydrogens (tertiary/aromatic N) is 4. The lowest BCUT2D eigenvalue weighted by Crippen LogP contribution is -2.46. The fourth-order valence-electron chi connectivity index (χ4n) is 2.84. The lowest BCUT2D eigenvalue weighted by molar-refractivity contribution is -0.254. The summed E-state index contributed by atoms with van der Waals surface area (Å²) in [4.78, 5) is 12.1. The normalized spacial score (nSPS) is 15.7. The summed E-state index contributed by atoms with van der Waals surface area (Å²) in [5, 5.41) is 20.0. The third kappa shape index (κ3) is 5.80. The molecule has 1 aromatic carbocycles. The highest BCUT2D eigenvalue weighted by atomic mass is 31.1. The molecule has 0 aliphatic carbocycles. The van der Waals surface area contributed by atoms with Crippen molar-refractivity contribution in [1.82, 2.24) is 19.5 Å². The van der Waals surface area contributed by atoms with Crippen molar-refractivity contribution >= 4 is 25.4 Å². The molecule has 0 saturated carbocycles. The topological polar surface area (TPSA) is 164 Å².